The summed E-state index contributed by atoms with van der Waals surface area (Å²) in [4.78, 5) is 28.1. The van der Waals surface area contributed by atoms with Gasteiger partial charge >= 0.3 is 0 Å². The summed E-state index contributed by atoms with van der Waals surface area (Å²) in [5.41, 5.74) is 1.81. The Bertz CT molecular complexity index is 713. The third-order valence-corrected chi connectivity index (χ3v) is 6.37. The standard InChI is InChI=1S/C18H24N4O2S/c1-12-3-4-14-15(10-19)18(25-16(14)9-12)20-17(24)11-21-5-7-22(8-6-21)13(2)23/h12H,3-9,11H2,1-2H3,(H,20,24)/p+1/t12-/m1/s1. The molecule has 1 saturated heterocycles. The van der Waals surface area contributed by atoms with E-state index < -0.39 is 0 Å². The summed E-state index contributed by atoms with van der Waals surface area (Å²) in [6.45, 7) is 7.18. The highest BCUT2D eigenvalue weighted by atomic mass is 32.1. The number of hydrogen-bond acceptors (Lipinski definition) is 4. The second-order valence-corrected chi connectivity index (χ2v) is 8.25. The van der Waals surface area contributed by atoms with Gasteiger partial charge in [-0.15, -0.1) is 11.3 Å². The fourth-order valence-corrected chi connectivity index (χ4v) is 5.05. The van der Waals surface area contributed by atoms with Crippen molar-refractivity contribution in [3.8, 4) is 6.07 Å². The van der Waals surface area contributed by atoms with Gasteiger partial charge in [0, 0.05) is 11.8 Å². The molecule has 0 unspecified atom stereocenters. The van der Waals surface area contributed by atoms with Crippen molar-refractivity contribution in [3.63, 3.8) is 0 Å². The SMILES string of the molecule is CC(=O)N1CC[NH+](CC(=O)Nc2sc3c(c2C#N)CC[C@@H](C)C3)CC1. The van der Waals surface area contributed by atoms with E-state index in [0.29, 0.717) is 36.1 Å². The Balaban J connectivity index is 1.60. The predicted octanol–water partition coefficient (Wildman–Crippen LogP) is 0.430. The van der Waals surface area contributed by atoms with Gasteiger partial charge in [0.25, 0.3) is 5.91 Å². The summed E-state index contributed by atoms with van der Waals surface area (Å²) in [5, 5.41) is 13.2. The normalized spacial score (nSPS) is 20.7. The second-order valence-electron chi connectivity index (χ2n) is 7.15. The number of nitrogens with zero attached hydrogens (tertiary/aromatic N) is 2. The van der Waals surface area contributed by atoms with Crippen molar-refractivity contribution in [2.75, 3.05) is 38.0 Å². The average Bonchev–Trinajstić information content (AvgIpc) is 2.90. The topological polar surface area (TPSA) is 77.6 Å². The van der Waals surface area contributed by atoms with Gasteiger partial charge in [-0.25, -0.2) is 0 Å². The second kappa shape index (κ2) is 7.54. The average molecular weight is 361 g/mol. The van der Waals surface area contributed by atoms with Crippen molar-refractivity contribution in [1.82, 2.24) is 4.90 Å². The minimum absolute atomic E-state index is 0.0468. The molecule has 3 rings (SSSR count). The smallest absolute Gasteiger partial charge is 0.280 e. The Morgan fingerprint density at radius 2 is 2.12 bits per heavy atom. The number of rotatable bonds is 3. The molecule has 2 heterocycles. The Morgan fingerprint density at radius 1 is 1.40 bits per heavy atom. The number of amides is 2. The highest BCUT2D eigenvalue weighted by Crippen LogP contribution is 2.39. The van der Waals surface area contributed by atoms with Crippen LogP contribution < -0.4 is 10.2 Å². The van der Waals surface area contributed by atoms with Crippen LogP contribution in [0.3, 0.4) is 0 Å². The monoisotopic (exact) mass is 361 g/mol. The van der Waals surface area contributed by atoms with E-state index >= 15 is 0 Å². The number of quaternary nitrogens is 1. The number of thiophene rings is 1. The molecular formula is C18H25N4O2S+. The number of carbonyl (C=O) groups is 2. The lowest BCUT2D eigenvalue weighted by atomic mass is 9.89. The molecule has 0 radical (unpaired) electrons. The van der Waals surface area contributed by atoms with Gasteiger partial charge in [-0.3, -0.25) is 9.59 Å². The molecule has 2 N–H and O–H groups in total. The van der Waals surface area contributed by atoms with Gasteiger partial charge in [0.15, 0.2) is 6.54 Å². The molecule has 2 aliphatic rings. The van der Waals surface area contributed by atoms with Gasteiger partial charge in [0.2, 0.25) is 5.91 Å². The molecule has 0 aromatic carbocycles. The van der Waals surface area contributed by atoms with Crippen molar-refractivity contribution >= 4 is 28.2 Å². The minimum atomic E-state index is -0.0468. The lowest BCUT2D eigenvalue weighted by molar-refractivity contribution is -0.895. The highest BCUT2D eigenvalue weighted by molar-refractivity contribution is 7.16. The molecule has 0 bridgehead atoms. The maximum atomic E-state index is 12.4. The summed E-state index contributed by atoms with van der Waals surface area (Å²) in [6.07, 6.45) is 3.04. The molecule has 1 aliphatic carbocycles. The first-order valence-corrected chi connectivity index (χ1v) is 9.73. The molecule has 1 fully saturated rings. The number of piperazine rings is 1. The van der Waals surface area contributed by atoms with E-state index in [9.17, 15) is 14.9 Å². The molecule has 1 atom stereocenters. The van der Waals surface area contributed by atoms with Crippen LogP contribution in [0.25, 0.3) is 0 Å². The molecule has 1 aliphatic heterocycles. The van der Waals surface area contributed by atoms with Crippen LogP contribution in [0.5, 0.6) is 0 Å². The highest BCUT2D eigenvalue weighted by Gasteiger charge is 2.27. The molecule has 134 valence electrons. The largest absolute Gasteiger partial charge is 0.332 e. The van der Waals surface area contributed by atoms with Crippen LogP contribution in [0.1, 0.15) is 36.3 Å². The van der Waals surface area contributed by atoms with E-state index in [2.05, 4.69) is 18.3 Å². The first-order valence-electron chi connectivity index (χ1n) is 8.91. The van der Waals surface area contributed by atoms with Crippen molar-refractivity contribution in [3.05, 3.63) is 16.0 Å². The molecule has 0 saturated carbocycles. The van der Waals surface area contributed by atoms with E-state index in [-0.39, 0.29) is 11.8 Å². The van der Waals surface area contributed by atoms with Crippen LogP contribution >= 0.6 is 11.3 Å². The fourth-order valence-electron chi connectivity index (χ4n) is 3.67. The van der Waals surface area contributed by atoms with Crippen molar-refractivity contribution < 1.29 is 14.5 Å². The maximum Gasteiger partial charge on any atom is 0.280 e. The van der Waals surface area contributed by atoms with Crippen molar-refractivity contribution in [1.29, 1.82) is 5.26 Å². The van der Waals surface area contributed by atoms with Gasteiger partial charge in [0.1, 0.15) is 11.1 Å². The van der Waals surface area contributed by atoms with Crippen LogP contribution in [0.15, 0.2) is 0 Å². The van der Waals surface area contributed by atoms with E-state index in [4.69, 9.17) is 0 Å². The van der Waals surface area contributed by atoms with Crippen molar-refractivity contribution in [2.45, 2.75) is 33.1 Å². The number of nitriles is 1. The van der Waals surface area contributed by atoms with E-state index in [1.165, 1.54) is 9.78 Å². The van der Waals surface area contributed by atoms with Crippen LogP contribution in [0.4, 0.5) is 5.00 Å². The lowest BCUT2D eigenvalue weighted by Crippen LogP contribution is -3.15. The zero-order valence-electron chi connectivity index (χ0n) is 14.9. The van der Waals surface area contributed by atoms with E-state index in [0.717, 1.165) is 37.9 Å². The Morgan fingerprint density at radius 3 is 2.76 bits per heavy atom. The summed E-state index contributed by atoms with van der Waals surface area (Å²) >= 11 is 1.57. The minimum Gasteiger partial charge on any atom is -0.332 e. The Labute approximate surface area is 152 Å². The van der Waals surface area contributed by atoms with Gasteiger partial charge in [-0.2, -0.15) is 5.26 Å². The van der Waals surface area contributed by atoms with E-state index in [1.54, 1.807) is 18.3 Å². The zero-order valence-corrected chi connectivity index (χ0v) is 15.7. The first kappa shape index (κ1) is 17.9. The summed E-state index contributed by atoms with van der Waals surface area (Å²) in [5.74, 6) is 0.693. The number of anilines is 1. The third-order valence-electron chi connectivity index (χ3n) is 5.20. The predicted molar refractivity (Wildman–Crippen MR) is 96.7 cm³/mol. The zero-order chi connectivity index (χ0) is 18.0. The maximum absolute atomic E-state index is 12.4. The fraction of sp³-hybridized carbons (Fsp3) is 0.611. The number of fused-ring (bicyclic) bond motifs is 1. The third kappa shape index (κ3) is 4.02. The number of nitrogens with one attached hydrogen (secondary N) is 2. The molecular weight excluding hydrogens is 336 g/mol. The summed E-state index contributed by atoms with van der Waals surface area (Å²) in [7, 11) is 0. The molecule has 2 amide bonds. The van der Waals surface area contributed by atoms with Gasteiger partial charge in [0.05, 0.1) is 31.7 Å². The Kier molecular flexibility index (Phi) is 5.40. The van der Waals surface area contributed by atoms with Crippen LogP contribution in [-0.4, -0.2) is 49.4 Å². The quantitative estimate of drug-likeness (QED) is 0.820. The lowest BCUT2D eigenvalue weighted by Gasteiger charge is -2.31. The van der Waals surface area contributed by atoms with Gasteiger partial charge in [-0.1, -0.05) is 6.92 Å². The van der Waals surface area contributed by atoms with Crippen LogP contribution in [0.2, 0.25) is 0 Å². The first-order chi connectivity index (χ1) is 12.0. The number of carbonyl (C=O) groups excluding carboxylic acids is 2. The molecule has 1 aromatic heterocycles. The van der Waals surface area contributed by atoms with Crippen LogP contribution in [0, 0.1) is 17.2 Å². The van der Waals surface area contributed by atoms with Gasteiger partial charge < -0.3 is 15.1 Å². The van der Waals surface area contributed by atoms with Crippen molar-refractivity contribution in [2.24, 2.45) is 5.92 Å². The molecule has 1 aromatic rings. The summed E-state index contributed by atoms with van der Waals surface area (Å²) in [6, 6.07) is 2.29. The molecule has 0 spiro atoms. The Hall–Kier alpha value is -1.91. The molecule has 7 heteroatoms. The number of hydrogen-bond donors (Lipinski definition) is 2. The van der Waals surface area contributed by atoms with Gasteiger partial charge in [-0.05, 0) is 30.7 Å². The van der Waals surface area contributed by atoms with E-state index in [1.807, 2.05) is 4.90 Å². The molecule has 6 nitrogen and oxygen atoms in total. The molecule has 25 heavy (non-hydrogen) atoms. The van der Waals surface area contributed by atoms with Crippen LogP contribution in [-0.2, 0) is 22.4 Å². The summed E-state index contributed by atoms with van der Waals surface area (Å²) < 4.78 is 0.